The first-order valence-electron chi connectivity index (χ1n) is 9.42. The average molecular weight is 414 g/mol. The van der Waals surface area contributed by atoms with Gasteiger partial charge in [0.15, 0.2) is 5.76 Å². The van der Waals surface area contributed by atoms with Crippen LogP contribution < -0.4 is 5.73 Å². The Labute approximate surface area is 164 Å². The minimum absolute atomic E-state index is 0.0214. The molecule has 0 spiro atoms. The SMILES string of the molecule is Cc1noc(C)c1S(=O)(=O)N1CCN(C(=O)CN2CCC(C(N)=O)CC2)CC1. The Kier molecular flexibility index (Phi) is 6.06. The molecule has 0 bridgehead atoms. The fraction of sp³-hybridized carbons (Fsp3) is 0.706. The topological polar surface area (TPSA) is 130 Å². The summed E-state index contributed by atoms with van der Waals surface area (Å²) >= 11 is 0. The molecule has 1 aromatic heterocycles. The van der Waals surface area contributed by atoms with Gasteiger partial charge in [0, 0.05) is 32.1 Å². The second-order valence-corrected chi connectivity index (χ2v) is 9.27. The van der Waals surface area contributed by atoms with Gasteiger partial charge in [-0.05, 0) is 39.8 Å². The summed E-state index contributed by atoms with van der Waals surface area (Å²) in [4.78, 5) is 27.6. The van der Waals surface area contributed by atoms with Crippen LogP contribution in [0.3, 0.4) is 0 Å². The molecule has 2 aliphatic heterocycles. The summed E-state index contributed by atoms with van der Waals surface area (Å²) in [6, 6.07) is 0. The molecule has 10 nitrogen and oxygen atoms in total. The molecule has 0 saturated carbocycles. The highest BCUT2D eigenvalue weighted by Gasteiger charge is 2.34. The zero-order valence-corrected chi connectivity index (χ0v) is 17.1. The quantitative estimate of drug-likeness (QED) is 0.677. The van der Waals surface area contributed by atoms with Crippen molar-refractivity contribution >= 4 is 21.8 Å². The smallest absolute Gasteiger partial charge is 0.248 e. The lowest BCUT2D eigenvalue weighted by Crippen LogP contribution is -2.53. The lowest BCUT2D eigenvalue weighted by molar-refractivity contribution is -0.134. The maximum absolute atomic E-state index is 12.8. The van der Waals surface area contributed by atoms with Gasteiger partial charge in [-0.2, -0.15) is 4.31 Å². The van der Waals surface area contributed by atoms with Crippen molar-refractivity contribution in [1.29, 1.82) is 0 Å². The van der Waals surface area contributed by atoms with E-state index in [4.69, 9.17) is 10.3 Å². The highest BCUT2D eigenvalue weighted by atomic mass is 32.2. The number of nitrogens with two attached hydrogens (primary N) is 1. The lowest BCUT2D eigenvalue weighted by atomic mass is 9.96. The number of aromatic nitrogens is 1. The molecular formula is C17H27N5O5S. The van der Waals surface area contributed by atoms with E-state index in [0.29, 0.717) is 44.7 Å². The normalized spacial score (nSPS) is 20.4. The molecule has 0 unspecified atom stereocenters. The van der Waals surface area contributed by atoms with Gasteiger partial charge in [0.2, 0.25) is 21.8 Å². The number of aryl methyl sites for hydroxylation is 2. The van der Waals surface area contributed by atoms with Gasteiger partial charge >= 0.3 is 0 Å². The Balaban J connectivity index is 1.53. The number of carbonyl (C=O) groups excluding carboxylic acids is 2. The first kappa shape index (κ1) is 20.7. The highest BCUT2D eigenvalue weighted by molar-refractivity contribution is 7.89. The first-order chi connectivity index (χ1) is 13.2. The molecule has 2 N–H and O–H groups in total. The zero-order valence-electron chi connectivity index (χ0n) is 16.3. The minimum Gasteiger partial charge on any atom is -0.369 e. The summed E-state index contributed by atoms with van der Waals surface area (Å²) in [6.45, 7) is 5.96. The van der Waals surface area contributed by atoms with Crippen LogP contribution in [0.1, 0.15) is 24.3 Å². The van der Waals surface area contributed by atoms with Crippen molar-refractivity contribution in [3.05, 3.63) is 11.5 Å². The summed E-state index contributed by atoms with van der Waals surface area (Å²) < 4.78 is 32.1. The van der Waals surface area contributed by atoms with Crippen LogP contribution in [0, 0.1) is 19.8 Å². The summed E-state index contributed by atoms with van der Waals surface area (Å²) in [5, 5.41) is 3.72. The maximum Gasteiger partial charge on any atom is 0.248 e. The van der Waals surface area contributed by atoms with Crippen LogP contribution in [0.4, 0.5) is 0 Å². The fourth-order valence-electron chi connectivity index (χ4n) is 3.82. The van der Waals surface area contributed by atoms with E-state index in [1.807, 2.05) is 4.90 Å². The largest absolute Gasteiger partial charge is 0.369 e. The van der Waals surface area contributed by atoms with Crippen molar-refractivity contribution in [2.24, 2.45) is 11.7 Å². The molecule has 2 saturated heterocycles. The molecule has 2 aliphatic rings. The van der Waals surface area contributed by atoms with Crippen molar-refractivity contribution in [1.82, 2.24) is 19.3 Å². The number of hydrogen-bond donors (Lipinski definition) is 1. The van der Waals surface area contributed by atoms with E-state index < -0.39 is 10.0 Å². The second kappa shape index (κ2) is 8.18. The molecule has 3 heterocycles. The number of amides is 2. The van der Waals surface area contributed by atoms with Crippen LogP contribution in [0.5, 0.6) is 0 Å². The molecule has 2 fully saturated rings. The Morgan fingerprint density at radius 1 is 1.11 bits per heavy atom. The predicted molar refractivity (Wildman–Crippen MR) is 99.7 cm³/mol. The number of likely N-dealkylation sites (tertiary alicyclic amines) is 1. The van der Waals surface area contributed by atoms with Crippen molar-refractivity contribution in [2.75, 3.05) is 45.8 Å². The molecule has 11 heteroatoms. The Bertz CT molecular complexity index is 817. The van der Waals surface area contributed by atoms with Crippen LogP contribution in [0.2, 0.25) is 0 Å². The van der Waals surface area contributed by atoms with E-state index in [-0.39, 0.29) is 48.0 Å². The number of nitrogens with zero attached hydrogens (tertiary/aromatic N) is 4. The Hall–Kier alpha value is -1.98. The van der Waals surface area contributed by atoms with Crippen molar-refractivity contribution in [3.63, 3.8) is 0 Å². The first-order valence-corrected chi connectivity index (χ1v) is 10.9. The third-order valence-corrected chi connectivity index (χ3v) is 7.65. The highest BCUT2D eigenvalue weighted by Crippen LogP contribution is 2.24. The molecule has 28 heavy (non-hydrogen) atoms. The molecule has 1 aromatic rings. The van der Waals surface area contributed by atoms with Gasteiger partial charge in [0.1, 0.15) is 10.6 Å². The number of primary amides is 1. The standard InChI is InChI=1S/C17H27N5O5S/c1-12-16(13(2)27-19-12)28(25,26)22-9-7-21(8-10-22)15(23)11-20-5-3-14(4-6-20)17(18)24/h14H,3-11H2,1-2H3,(H2,18,24). The molecule has 2 amide bonds. The number of piperidine rings is 1. The van der Waals surface area contributed by atoms with Crippen molar-refractivity contribution in [2.45, 2.75) is 31.6 Å². The third-order valence-electron chi connectivity index (χ3n) is 5.51. The van der Waals surface area contributed by atoms with Gasteiger partial charge < -0.3 is 15.2 Å². The van der Waals surface area contributed by atoms with Gasteiger partial charge in [-0.25, -0.2) is 8.42 Å². The van der Waals surface area contributed by atoms with E-state index in [9.17, 15) is 18.0 Å². The van der Waals surface area contributed by atoms with Crippen molar-refractivity contribution < 1.29 is 22.5 Å². The molecule has 0 atom stereocenters. The summed E-state index contributed by atoms with van der Waals surface area (Å²) in [6.07, 6.45) is 1.35. The molecular weight excluding hydrogens is 386 g/mol. The number of carbonyl (C=O) groups is 2. The number of piperazine rings is 1. The second-order valence-electron chi connectivity index (χ2n) is 7.39. The van der Waals surface area contributed by atoms with E-state index in [1.54, 1.807) is 18.7 Å². The number of sulfonamides is 1. The van der Waals surface area contributed by atoms with Gasteiger partial charge in [-0.1, -0.05) is 5.16 Å². The predicted octanol–water partition coefficient (Wildman–Crippen LogP) is -0.678. The average Bonchev–Trinajstić information content (AvgIpc) is 3.01. The van der Waals surface area contributed by atoms with E-state index in [1.165, 1.54) is 4.31 Å². The van der Waals surface area contributed by atoms with E-state index >= 15 is 0 Å². The Morgan fingerprint density at radius 3 is 2.21 bits per heavy atom. The number of hydrogen-bond acceptors (Lipinski definition) is 7. The van der Waals surface area contributed by atoms with Crippen LogP contribution >= 0.6 is 0 Å². The summed E-state index contributed by atoms with van der Waals surface area (Å²) in [5.41, 5.74) is 5.68. The van der Waals surface area contributed by atoms with Crippen molar-refractivity contribution in [3.8, 4) is 0 Å². The Morgan fingerprint density at radius 2 is 1.71 bits per heavy atom. The van der Waals surface area contributed by atoms with E-state index in [0.717, 1.165) is 0 Å². The van der Waals surface area contributed by atoms with Crippen LogP contribution in [0.15, 0.2) is 9.42 Å². The monoisotopic (exact) mass is 413 g/mol. The molecule has 0 aliphatic carbocycles. The summed E-state index contributed by atoms with van der Waals surface area (Å²) in [7, 11) is -3.69. The van der Waals surface area contributed by atoms with Crippen LogP contribution in [0.25, 0.3) is 0 Å². The zero-order chi connectivity index (χ0) is 20.5. The molecule has 156 valence electrons. The third kappa shape index (κ3) is 4.20. The van der Waals surface area contributed by atoms with E-state index in [2.05, 4.69) is 5.16 Å². The minimum atomic E-state index is -3.69. The van der Waals surface area contributed by atoms with Gasteiger partial charge in [0.05, 0.1) is 6.54 Å². The van der Waals surface area contributed by atoms with Gasteiger partial charge in [-0.15, -0.1) is 0 Å². The molecule has 3 rings (SSSR count). The van der Waals surface area contributed by atoms with Gasteiger partial charge in [0.25, 0.3) is 0 Å². The maximum atomic E-state index is 12.8. The molecule has 0 radical (unpaired) electrons. The lowest BCUT2D eigenvalue weighted by Gasteiger charge is -2.36. The van der Waals surface area contributed by atoms with Gasteiger partial charge in [-0.3, -0.25) is 14.5 Å². The van der Waals surface area contributed by atoms with Crippen LogP contribution in [-0.2, 0) is 19.6 Å². The summed E-state index contributed by atoms with van der Waals surface area (Å²) in [5.74, 6) is -0.131. The molecule has 0 aromatic carbocycles. The fourth-order valence-corrected chi connectivity index (χ4v) is 5.53. The van der Waals surface area contributed by atoms with Crippen LogP contribution in [-0.4, -0.2) is 85.3 Å². The number of rotatable bonds is 5.